The van der Waals surface area contributed by atoms with Crippen molar-refractivity contribution in [3.8, 4) is 5.75 Å². The van der Waals surface area contributed by atoms with Gasteiger partial charge in [0, 0.05) is 18.1 Å². The number of esters is 1. The molecule has 0 aliphatic heterocycles. The van der Waals surface area contributed by atoms with Crippen molar-refractivity contribution in [1.29, 1.82) is 0 Å². The Morgan fingerprint density at radius 2 is 1.92 bits per heavy atom. The molecule has 7 nitrogen and oxygen atoms in total. The van der Waals surface area contributed by atoms with E-state index in [2.05, 4.69) is 0 Å². The minimum absolute atomic E-state index is 0.0911. The highest BCUT2D eigenvalue weighted by Crippen LogP contribution is 2.15. The SMILES string of the molecule is COC(=O)C(C)CN(CCOCCO)C(=O)COc1ccc(Cl)cc1. The van der Waals surface area contributed by atoms with Gasteiger partial charge in [0.1, 0.15) is 5.75 Å². The van der Waals surface area contributed by atoms with E-state index < -0.39 is 11.9 Å². The van der Waals surface area contributed by atoms with Crippen LogP contribution in [0, 0.1) is 5.92 Å². The Bertz CT molecular complexity index is 536. The summed E-state index contributed by atoms with van der Waals surface area (Å²) in [5, 5.41) is 9.30. The molecule has 0 fully saturated rings. The van der Waals surface area contributed by atoms with Crippen LogP contribution in [0.1, 0.15) is 6.92 Å². The molecular formula is C17H24ClNO6. The Morgan fingerprint density at radius 3 is 2.52 bits per heavy atom. The molecule has 1 unspecified atom stereocenters. The fourth-order valence-electron chi connectivity index (χ4n) is 2.03. The summed E-state index contributed by atoms with van der Waals surface area (Å²) in [4.78, 5) is 25.5. The maximum Gasteiger partial charge on any atom is 0.310 e. The van der Waals surface area contributed by atoms with Crippen LogP contribution in [0.15, 0.2) is 24.3 Å². The molecule has 1 aromatic carbocycles. The predicted molar refractivity (Wildman–Crippen MR) is 92.6 cm³/mol. The Kier molecular flexibility index (Phi) is 9.91. The fourth-order valence-corrected chi connectivity index (χ4v) is 2.16. The largest absolute Gasteiger partial charge is 0.484 e. The highest BCUT2D eigenvalue weighted by molar-refractivity contribution is 6.30. The van der Waals surface area contributed by atoms with Crippen molar-refractivity contribution in [2.24, 2.45) is 5.92 Å². The molecular weight excluding hydrogens is 350 g/mol. The fraction of sp³-hybridized carbons (Fsp3) is 0.529. The highest BCUT2D eigenvalue weighted by atomic mass is 35.5. The van der Waals surface area contributed by atoms with E-state index in [0.717, 1.165) is 0 Å². The molecule has 140 valence electrons. The number of benzene rings is 1. The number of aliphatic hydroxyl groups is 1. The van der Waals surface area contributed by atoms with Crippen LogP contribution >= 0.6 is 11.6 Å². The van der Waals surface area contributed by atoms with E-state index >= 15 is 0 Å². The molecule has 0 saturated heterocycles. The van der Waals surface area contributed by atoms with Gasteiger partial charge in [0.05, 0.1) is 32.8 Å². The third-order valence-corrected chi connectivity index (χ3v) is 3.62. The van der Waals surface area contributed by atoms with Crippen LogP contribution < -0.4 is 4.74 Å². The molecule has 8 heteroatoms. The number of nitrogens with zero attached hydrogens (tertiary/aromatic N) is 1. The van der Waals surface area contributed by atoms with Gasteiger partial charge in [-0.1, -0.05) is 18.5 Å². The highest BCUT2D eigenvalue weighted by Gasteiger charge is 2.21. The van der Waals surface area contributed by atoms with E-state index in [1.165, 1.54) is 12.0 Å². The first kappa shape index (κ1) is 21.2. The van der Waals surface area contributed by atoms with E-state index in [1.807, 2.05) is 0 Å². The zero-order chi connectivity index (χ0) is 18.7. The number of methoxy groups -OCH3 is 1. The van der Waals surface area contributed by atoms with Crippen LogP contribution in [-0.2, 0) is 19.1 Å². The van der Waals surface area contributed by atoms with Gasteiger partial charge >= 0.3 is 5.97 Å². The number of halogens is 1. The van der Waals surface area contributed by atoms with Crippen molar-refractivity contribution in [2.75, 3.05) is 46.6 Å². The lowest BCUT2D eigenvalue weighted by molar-refractivity contribution is -0.147. The van der Waals surface area contributed by atoms with Gasteiger partial charge in [0.2, 0.25) is 0 Å². The van der Waals surface area contributed by atoms with Gasteiger partial charge in [-0.3, -0.25) is 9.59 Å². The number of amides is 1. The van der Waals surface area contributed by atoms with Gasteiger partial charge < -0.3 is 24.2 Å². The molecule has 1 atom stereocenters. The second kappa shape index (κ2) is 11.7. The normalized spacial score (nSPS) is 11.7. The standard InChI is InChI=1S/C17H24ClNO6/c1-13(17(22)23-2)11-19(7-9-24-10-8-20)16(21)12-25-15-5-3-14(18)4-6-15/h3-6,13,20H,7-12H2,1-2H3. The molecule has 0 saturated carbocycles. The second-order valence-corrected chi connectivity index (χ2v) is 5.78. The maximum atomic E-state index is 12.4. The molecule has 0 radical (unpaired) electrons. The summed E-state index contributed by atoms with van der Waals surface area (Å²) >= 11 is 5.80. The first-order valence-corrected chi connectivity index (χ1v) is 8.28. The van der Waals surface area contributed by atoms with Crippen LogP contribution in [0.3, 0.4) is 0 Å². The lowest BCUT2D eigenvalue weighted by Crippen LogP contribution is -2.41. The van der Waals surface area contributed by atoms with Crippen molar-refractivity contribution in [3.63, 3.8) is 0 Å². The molecule has 0 heterocycles. The van der Waals surface area contributed by atoms with Crippen LogP contribution in [0.4, 0.5) is 0 Å². The first-order valence-electron chi connectivity index (χ1n) is 7.90. The van der Waals surface area contributed by atoms with Crippen molar-refractivity contribution in [2.45, 2.75) is 6.92 Å². The number of ether oxygens (including phenoxy) is 3. The molecule has 0 aliphatic rings. The number of hydrogen-bond acceptors (Lipinski definition) is 6. The Labute approximate surface area is 152 Å². The van der Waals surface area contributed by atoms with Crippen molar-refractivity contribution in [3.05, 3.63) is 29.3 Å². The van der Waals surface area contributed by atoms with Gasteiger partial charge in [0.25, 0.3) is 5.91 Å². The maximum absolute atomic E-state index is 12.4. The first-order chi connectivity index (χ1) is 12.0. The zero-order valence-electron chi connectivity index (χ0n) is 14.4. The van der Waals surface area contributed by atoms with Crippen molar-refractivity contribution >= 4 is 23.5 Å². The summed E-state index contributed by atoms with van der Waals surface area (Å²) in [5.74, 6) is -0.622. The predicted octanol–water partition coefficient (Wildman–Crippen LogP) is 1.37. The summed E-state index contributed by atoms with van der Waals surface area (Å²) in [6.45, 7) is 2.33. The monoisotopic (exact) mass is 373 g/mol. The zero-order valence-corrected chi connectivity index (χ0v) is 15.2. The molecule has 1 rings (SSSR count). The summed E-state index contributed by atoms with van der Waals surface area (Å²) in [6, 6.07) is 6.67. The van der Waals surface area contributed by atoms with E-state index in [4.69, 9.17) is 30.9 Å². The van der Waals surface area contributed by atoms with E-state index in [9.17, 15) is 9.59 Å². The minimum atomic E-state index is -0.470. The van der Waals surface area contributed by atoms with Gasteiger partial charge in [-0.2, -0.15) is 0 Å². The Hall–Kier alpha value is -1.83. The summed E-state index contributed by atoms with van der Waals surface area (Å²) in [7, 11) is 1.30. The molecule has 1 amide bonds. The third-order valence-electron chi connectivity index (χ3n) is 3.37. The van der Waals surface area contributed by atoms with Crippen molar-refractivity contribution < 1.29 is 28.9 Å². The van der Waals surface area contributed by atoms with Gasteiger partial charge in [-0.05, 0) is 24.3 Å². The Morgan fingerprint density at radius 1 is 1.24 bits per heavy atom. The van der Waals surface area contributed by atoms with Gasteiger partial charge in [0.15, 0.2) is 6.61 Å². The smallest absolute Gasteiger partial charge is 0.310 e. The summed E-state index contributed by atoms with van der Waals surface area (Å²) in [5.41, 5.74) is 0. The molecule has 0 bridgehead atoms. The average molecular weight is 374 g/mol. The molecule has 1 aromatic rings. The lowest BCUT2D eigenvalue weighted by atomic mass is 10.1. The van der Waals surface area contributed by atoms with Crippen molar-refractivity contribution in [1.82, 2.24) is 4.90 Å². The van der Waals surface area contributed by atoms with Crippen LogP contribution in [-0.4, -0.2) is 68.5 Å². The minimum Gasteiger partial charge on any atom is -0.484 e. The van der Waals surface area contributed by atoms with E-state index in [0.29, 0.717) is 10.8 Å². The molecule has 0 aromatic heterocycles. The molecule has 0 spiro atoms. The van der Waals surface area contributed by atoms with Gasteiger partial charge in [-0.25, -0.2) is 0 Å². The van der Waals surface area contributed by atoms with E-state index in [-0.39, 0.29) is 45.4 Å². The van der Waals surface area contributed by atoms with Gasteiger partial charge in [-0.15, -0.1) is 0 Å². The quantitative estimate of drug-likeness (QED) is 0.465. The summed E-state index contributed by atoms with van der Waals surface area (Å²) in [6.07, 6.45) is 0. The van der Waals surface area contributed by atoms with Crippen LogP contribution in [0.5, 0.6) is 5.75 Å². The number of rotatable bonds is 11. The molecule has 25 heavy (non-hydrogen) atoms. The second-order valence-electron chi connectivity index (χ2n) is 5.34. The molecule has 1 N–H and O–H groups in total. The van der Waals surface area contributed by atoms with E-state index in [1.54, 1.807) is 31.2 Å². The number of hydrogen-bond donors (Lipinski definition) is 1. The average Bonchev–Trinajstić information content (AvgIpc) is 2.62. The summed E-state index contributed by atoms with van der Waals surface area (Å²) < 4.78 is 15.3. The van der Waals surface area contributed by atoms with Crippen LogP contribution in [0.25, 0.3) is 0 Å². The number of carbonyl (C=O) groups is 2. The number of aliphatic hydroxyl groups excluding tert-OH is 1. The topological polar surface area (TPSA) is 85.3 Å². The third kappa shape index (κ3) is 8.20. The lowest BCUT2D eigenvalue weighted by Gasteiger charge is -2.25. The number of carbonyl (C=O) groups excluding carboxylic acids is 2. The Balaban J connectivity index is 2.59. The molecule has 0 aliphatic carbocycles. The van der Waals surface area contributed by atoms with Crippen LogP contribution in [0.2, 0.25) is 5.02 Å².